The van der Waals surface area contributed by atoms with Crippen LogP contribution in [0.3, 0.4) is 0 Å². The van der Waals surface area contributed by atoms with E-state index in [1.54, 1.807) is 23.9 Å². The molecule has 0 amide bonds. The molecule has 1 N–H and O–H groups in total. The fraction of sp³-hybridized carbons (Fsp3) is 0.133. The number of imidazole rings is 1. The number of benzene rings is 1. The molecule has 3 aromatic rings. The van der Waals surface area contributed by atoms with Gasteiger partial charge in [0, 0.05) is 28.7 Å². The van der Waals surface area contributed by atoms with E-state index in [4.69, 9.17) is 11.6 Å². The zero-order chi connectivity index (χ0) is 13.9. The number of para-hydroxylation sites is 1. The summed E-state index contributed by atoms with van der Waals surface area (Å²) in [6.07, 6.45) is 5.39. The molecule has 0 bridgehead atoms. The molecular weight excluding hydrogens is 290 g/mol. The Morgan fingerprint density at radius 3 is 2.90 bits per heavy atom. The van der Waals surface area contributed by atoms with Crippen molar-refractivity contribution < 1.29 is 0 Å². The quantitative estimate of drug-likeness (QED) is 0.768. The second-order valence-electron chi connectivity index (χ2n) is 4.47. The predicted octanol–water partition coefficient (Wildman–Crippen LogP) is 4.51. The summed E-state index contributed by atoms with van der Waals surface area (Å²) < 4.78 is 1.92. The number of aryl methyl sites for hydroxylation is 1. The summed E-state index contributed by atoms with van der Waals surface area (Å²) in [4.78, 5) is 6.71. The van der Waals surface area contributed by atoms with Gasteiger partial charge >= 0.3 is 0 Å². The first-order valence-corrected chi connectivity index (χ1v) is 7.49. The first-order valence-electron chi connectivity index (χ1n) is 6.30. The van der Waals surface area contributed by atoms with Crippen LogP contribution in [0.1, 0.15) is 9.75 Å². The van der Waals surface area contributed by atoms with Gasteiger partial charge in [-0.1, -0.05) is 17.7 Å². The zero-order valence-electron chi connectivity index (χ0n) is 11.0. The number of hydrogen-bond donors (Lipinski definition) is 1. The summed E-state index contributed by atoms with van der Waals surface area (Å²) in [6, 6.07) is 10.1. The Balaban J connectivity index is 1.88. The third-order valence-electron chi connectivity index (χ3n) is 3.00. The summed E-state index contributed by atoms with van der Waals surface area (Å²) in [5, 5.41) is 4.15. The molecule has 102 valence electrons. The van der Waals surface area contributed by atoms with Crippen molar-refractivity contribution in [2.75, 3.05) is 5.32 Å². The average Bonchev–Trinajstić information content (AvgIpc) is 3.08. The number of hydrogen-bond acceptors (Lipinski definition) is 3. The van der Waals surface area contributed by atoms with E-state index in [1.807, 2.05) is 29.0 Å². The Morgan fingerprint density at radius 2 is 2.20 bits per heavy atom. The third kappa shape index (κ3) is 2.71. The van der Waals surface area contributed by atoms with Crippen LogP contribution in [0.2, 0.25) is 5.02 Å². The van der Waals surface area contributed by atoms with Crippen molar-refractivity contribution in [2.45, 2.75) is 13.5 Å². The molecule has 0 atom stereocenters. The molecule has 3 rings (SSSR count). The molecule has 3 nitrogen and oxygen atoms in total. The highest BCUT2D eigenvalue weighted by Crippen LogP contribution is 2.29. The first kappa shape index (κ1) is 13.2. The van der Waals surface area contributed by atoms with E-state index in [0.29, 0.717) is 5.02 Å². The van der Waals surface area contributed by atoms with Crippen LogP contribution in [0, 0.1) is 6.92 Å². The molecule has 0 unspecified atom stereocenters. The van der Waals surface area contributed by atoms with Crippen LogP contribution >= 0.6 is 22.9 Å². The van der Waals surface area contributed by atoms with Crippen LogP contribution < -0.4 is 5.32 Å². The van der Waals surface area contributed by atoms with Crippen molar-refractivity contribution in [3.05, 3.63) is 63.8 Å². The molecule has 1 aromatic carbocycles. The summed E-state index contributed by atoms with van der Waals surface area (Å²) in [5.41, 5.74) is 1.93. The monoisotopic (exact) mass is 303 g/mol. The van der Waals surface area contributed by atoms with Crippen LogP contribution in [0.15, 0.2) is 49.1 Å². The molecule has 5 heteroatoms. The molecule has 2 aromatic heterocycles. The molecule has 0 radical (unpaired) electrons. The van der Waals surface area contributed by atoms with Gasteiger partial charge in [0.15, 0.2) is 0 Å². The minimum absolute atomic E-state index is 0.704. The van der Waals surface area contributed by atoms with E-state index >= 15 is 0 Å². The van der Waals surface area contributed by atoms with Crippen molar-refractivity contribution in [3.8, 4) is 5.69 Å². The van der Waals surface area contributed by atoms with Crippen molar-refractivity contribution >= 4 is 28.6 Å². The maximum atomic E-state index is 6.32. The van der Waals surface area contributed by atoms with Crippen molar-refractivity contribution in [2.24, 2.45) is 0 Å². The molecule has 0 saturated heterocycles. The van der Waals surface area contributed by atoms with E-state index in [2.05, 4.69) is 29.4 Å². The van der Waals surface area contributed by atoms with E-state index in [-0.39, 0.29) is 0 Å². The van der Waals surface area contributed by atoms with Gasteiger partial charge in [-0.25, -0.2) is 4.98 Å². The second-order valence-corrected chi connectivity index (χ2v) is 6.25. The van der Waals surface area contributed by atoms with Gasteiger partial charge in [-0.15, -0.1) is 11.3 Å². The van der Waals surface area contributed by atoms with Gasteiger partial charge in [-0.2, -0.15) is 0 Å². The van der Waals surface area contributed by atoms with E-state index in [9.17, 15) is 0 Å². The molecule has 0 saturated carbocycles. The lowest BCUT2D eigenvalue weighted by Gasteiger charge is -2.13. The minimum Gasteiger partial charge on any atom is -0.378 e. The van der Waals surface area contributed by atoms with Gasteiger partial charge in [0.1, 0.15) is 0 Å². The molecule has 0 aliphatic rings. The number of thiophene rings is 1. The van der Waals surface area contributed by atoms with Crippen LogP contribution in [0.25, 0.3) is 5.69 Å². The van der Waals surface area contributed by atoms with Crippen molar-refractivity contribution in [1.29, 1.82) is 0 Å². The molecule has 2 heterocycles. The van der Waals surface area contributed by atoms with Crippen LogP contribution in [-0.4, -0.2) is 9.55 Å². The Kier molecular flexibility index (Phi) is 3.76. The molecule has 0 aliphatic carbocycles. The topological polar surface area (TPSA) is 29.9 Å². The number of aromatic nitrogens is 2. The lowest BCUT2D eigenvalue weighted by molar-refractivity contribution is 1.05. The second kappa shape index (κ2) is 5.69. The minimum atomic E-state index is 0.704. The van der Waals surface area contributed by atoms with Crippen molar-refractivity contribution in [1.82, 2.24) is 9.55 Å². The number of halogens is 1. The van der Waals surface area contributed by atoms with Gasteiger partial charge in [-0.05, 0) is 31.2 Å². The van der Waals surface area contributed by atoms with Crippen LogP contribution in [-0.2, 0) is 6.54 Å². The highest BCUT2D eigenvalue weighted by molar-refractivity contribution is 7.11. The highest BCUT2D eigenvalue weighted by Gasteiger charge is 2.09. The number of anilines is 1. The predicted molar refractivity (Wildman–Crippen MR) is 85.0 cm³/mol. The molecule has 0 spiro atoms. The molecule has 0 aliphatic heterocycles. The van der Waals surface area contributed by atoms with Gasteiger partial charge in [0.25, 0.3) is 0 Å². The average molecular weight is 304 g/mol. The van der Waals surface area contributed by atoms with E-state index in [1.165, 1.54) is 9.75 Å². The summed E-state index contributed by atoms with van der Waals surface area (Å²) >= 11 is 8.12. The third-order valence-corrected chi connectivity index (χ3v) is 4.30. The van der Waals surface area contributed by atoms with Gasteiger partial charge in [-0.3, -0.25) is 0 Å². The van der Waals surface area contributed by atoms with Crippen LogP contribution in [0.5, 0.6) is 0 Å². The summed E-state index contributed by atoms with van der Waals surface area (Å²) in [7, 11) is 0. The van der Waals surface area contributed by atoms with Gasteiger partial charge < -0.3 is 9.88 Å². The maximum absolute atomic E-state index is 6.32. The van der Waals surface area contributed by atoms with E-state index < -0.39 is 0 Å². The fourth-order valence-corrected chi connectivity index (χ4v) is 3.18. The lowest BCUT2D eigenvalue weighted by Crippen LogP contribution is -2.03. The Morgan fingerprint density at radius 1 is 1.30 bits per heavy atom. The van der Waals surface area contributed by atoms with Crippen molar-refractivity contribution in [3.63, 3.8) is 0 Å². The molecule has 20 heavy (non-hydrogen) atoms. The van der Waals surface area contributed by atoms with Crippen LogP contribution in [0.4, 0.5) is 5.69 Å². The maximum Gasteiger partial charge on any atom is 0.0992 e. The normalized spacial score (nSPS) is 10.7. The Bertz CT molecular complexity index is 704. The first-order chi connectivity index (χ1) is 9.74. The Labute approximate surface area is 126 Å². The summed E-state index contributed by atoms with van der Waals surface area (Å²) in [6.45, 7) is 2.91. The molecular formula is C15H14ClN3S. The highest BCUT2D eigenvalue weighted by atomic mass is 35.5. The van der Waals surface area contributed by atoms with Gasteiger partial charge in [0.05, 0.1) is 22.7 Å². The largest absolute Gasteiger partial charge is 0.378 e. The van der Waals surface area contributed by atoms with E-state index in [0.717, 1.165) is 17.9 Å². The standard InChI is InChI=1S/C15H14ClN3S/c1-11-5-6-12(20-11)9-18-14-4-2-3-13(16)15(14)19-8-7-17-10-19/h2-8,10,18H,9H2,1H3. The fourth-order valence-electron chi connectivity index (χ4n) is 2.07. The number of nitrogens with zero attached hydrogens (tertiary/aromatic N) is 2. The van der Waals surface area contributed by atoms with Gasteiger partial charge in [0.2, 0.25) is 0 Å². The number of nitrogens with one attached hydrogen (secondary N) is 1. The Hall–Kier alpha value is -1.78. The smallest absolute Gasteiger partial charge is 0.0992 e. The summed E-state index contributed by atoms with van der Waals surface area (Å²) in [5.74, 6) is 0. The lowest BCUT2D eigenvalue weighted by atomic mass is 10.2. The SMILES string of the molecule is Cc1ccc(CNc2cccc(Cl)c2-n2ccnc2)s1. The zero-order valence-corrected chi connectivity index (χ0v) is 12.6. The molecule has 0 fully saturated rings. The number of rotatable bonds is 4.